The second-order valence-electron chi connectivity index (χ2n) is 4.32. The van der Waals surface area contributed by atoms with Gasteiger partial charge in [-0.3, -0.25) is 0 Å². The maximum absolute atomic E-state index is 5.18. The predicted molar refractivity (Wildman–Crippen MR) is 61.1 cm³/mol. The van der Waals surface area contributed by atoms with Crippen molar-refractivity contribution in [3.63, 3.8) is 0 Å². The van der Waals surface area contributed by atoms with Crippen LogP contribution in [0.15, 0.2) is 0 Å². The van der Waals surface area contributed by atoms with E-state index < -0.39 is 0 Å². The Hall–Kier alpha value is -0.940. The molecule has 0 saturated heterocycles. The summed E-state index contributed by atoms with van der Waals surface area (Å²) in [5.74, 6) is 2.20. The van der Waals surface area contributed by atoms with E-state index in [-0.39, 0.29) is 6.10 Å². The van der Waals surface area contributed by atoms with Gasteiger partial charge in [-0.2, -0.15) is 0 Å². The number of rotatable bonds is 5. The summed E-state index contributed by atoms with van der Waals surface area (Å²) in [5.41, 5.74) is 0. The van der Waals surface area contributed by atoms with Gasteiger partial charge in [0.15, 0.2) is 0 Å². The average Bonchev–Trinajstić information content (AvgIpc) is 2.73. The largest absolute Gasteiger partial charge is 0.380 e. The van der Waals surface area contributed by atoms with E-state index in [9.17, 15) is 0 Å². The molecule has 0 radical (unpaired) electrons. The number of methoxy groups -OCH3 is 1. The number of nitrogens with zero attached hydrogens (tertiary/aromatic N) is 3. The number of hydrogen-bond acceptors (Lipinski definition) is 4. The minimum absolute atomic E-state index is 0.240. The second-order valence-corrected chi connectivity index (χ2v) is 4.32. The molecule has 2 rings (SSSR count). The second kappa shape index (κ2) is 5.41. The number of hydrogen-bond donors (Lipinski definition) is 1. The molecule has 1 aromatic rings. The lowest BCUT2D eigenvalue weighted by Gasteiger charge is -2.15. The Bertz CT molecular complexity index is 337. The Labute approximate surface area is 96.2 Å². The van der Waals surface area contributed by atoms with Crippen LogP contribution in [0.5, 0.6) is 0 Å². The van der Waals surface area contributed by atoms with Gasteiger partial charge in [0.2, 0.25) is 0 Å². The summed E-state index contributed by atoms with van der Waals surface area (Å²) in [4.78, 5) is 0. The van der Waals surface area contributed by atoms with Gasteiger partial charge in [-0.25, -0.2) is 0 Å². The van der Waals surface area contributed by atoms with Crippen LogP contribution in [-0.4, -0.2) is 34.5 Å². The molecule has 1 aromatic heterocycles. The molecule has 1 unspecified atom stereocenters. The van der Waals surface area contributed by atoms with Crippen LogP contribution in [0.2, 0.25) is 0 Å². The first kappa shape index (κ1) is 11.5. The molecule has 0 aromatic carbocycles. The standard InChI is InChI=1S/C11H20N4O/c1-9(16-2)7-12-8-11-14-13-10-5-3-4-6-15(10)11/h9,12H,3-8H2,1-2H3. The van der Waals surface area contributed by atoms with Gasteiger partial charge < -0.3 is 14.6 Å². The van der Waals surface area contributed by atoms with Crippen molar-refractivity contribution in [2.24, 2.45) is 0 Å². The van der Waals surface area contributed by atoms with Crippen molar-refractivity contribution >= 4 is 0 Å². The molecular formula is C11H20N4O. The normalized spacial score (nSPS) is 17.1. The molecule has 90 valence electrons. The summed E-state index contributed by atoms with van der Waals surface area (Å²) in [6.07, 6.45) is 3.80. The molecule has 1 atom stereocenters. The summed E-state index contributed by atoms with van der Waals surface area (Å²) >= 11 is 0. The molecule has 0 fully saturated rings. The van der Waals surface area contributed by atoms with E-state index in [0.717, 1.165) is 37.7 Å². The third kappa shape index (κ3) is 2.59. The molecular weight excluding hydrogens is 204 g/mol. The van der Waals surface area contributed by atoms with Gasteiger partial charge in [0, 0.05) is 26.6 Å². The molecule has 0 amide bonds. The number of fused-ring (bicyclic) bond motifs is 1. The highest BCUT2D eigenvalue weighted by Crippen LogP contribution is 2.13. The maximum atomic E-state index is 5.18. The Morgan fingerprint density at radius 1 is 1.44 bits per heavy atom. The molecule has 5 nitrogen and oxygen atoms in total. The van der Waals surface area contributed by atoms with Crippen LogP contribution in [0.1, 0.15) is 31.4 Å². The smallest absolute Gasteiger partial charge is 0.147 e. The summed E-state index contributed by atoms with van der Waals surface area (Å²) in [7, 11) is 1.73. The van der Waals surface area contributed by atoms with Crippen molar-refractivity contribution in [2.75, 3.05) is 13.7 Å². The lowest BCUT2D eigenvalue weighted by Crippen LogP contribution is -2.27. The molecule has 1 aliphatic rings. The van der Waals surface area contributed by atoms with Crippen molar-refractivity contribution in [1.29, 1.82) is 0 Å². The number of aryl methyl sites for hydroxylation is 1. The SMILES string of the molecule is COC(C)CNCc1nnc2n1CCCC2. The molecule has 0 spiro atoms. The fourth-order valence-corrected chi connectivity index (χ4v) is 1.97. The summed E-state index contributed by atoms with van der Waals surface area (Å²) < 4.78 is 7.42. The zero-order valence-corrected chi connectivity index (χ0v) is 10.1. The number of aromatic nitrogens is 3. The van der Waals surface area contributed by atoms with E-state index in [1.54, 1.807) is 7.11 Å². The van der Waals surface area contributed by atoms with Gasteiger partial charge >= 0.3 is 0 Å². The van der Waals surface area contributed by atoms with E-state index >= 15 is 0 Å². The molecule has 16 heavy (non-hydrogen) atoms. The predicted octanol–water partition coefficient (Wildman–Crippen LogP) is 0.739. The monoisotopic (exact) mass is 224 g/mol. The third-order valence-electron chi connectivity index (χ3n) is 3.05. The van der Waals surface area contributed by atoms with Crippen LogP contribution >= 0.6 is 0 Å². The lowest BCUT2D eigenvalue weighted by atomic mass is 10.2. The van der Waals surface area contributed by atoms with Crippen molar-refractivity contribution in [3.8, 4) is 0 Å². The van der Waals surface area contributed by atoms with Crippen LogP contribution in [0.4, 0.5) is 0 Å². The maximum Gasteiger partial charge on any atom is 0.147 e. The first-order valence-electron chi connectivity index (χ1n) is 5.95. The molecule has 1 N–H and O–H groups in total. The summed E-state index contributed by atoms with van der Waals surface area (Å²) in [6, 6.07) is 0. The molecule has 1 aliphatic heterocycles. The van der Waals surface area contributed by atoms with Crippen LogP contribution in [0.3, 0.4) is 0 Å². The highest BCUT2D eigenvalue weighted by atomic mass is 16.5. The van der Waals surface area contributed by atoms with Gasteiger partial charge in [-0.1, -0.05) is 0 Å². The quantitative estimate of drug-likeness (QED) is 0.801. The number of ether oxygens (including phenoxy) is 1. The molecule has 2 heterocycles. The highest BCUT2D eigenvalue weighted by molar-refractivity contribution is 4.98. The van der Waals surface area contributed by atoms with E-state index in [1.165, 1.54) is 12.8 Å². The molecule has 0 bridgehead atoms. The fraction of sp³-hybridized carbons (Fsp3) is 0.818. The lowest BCUT2D eigenvalue weighted by molar-refractivity contribution is 0.116. The molecule has 0 saturated carbocycles. The van der Waals surface area contributed by atoms with Crippen LogP contribution in [-0.2, 0) is 24.2 Å². The van der Waals surface area contributed by atoms with E-state index in [4.69, 9.17) is 4.74 Å². The minimum Gasteiger partial charge on any atom is -0.380 e. The van der Waals surface area contributed by atoms with Crippen LogP contribution < -0.4 is 5.32 Å². The first-order chi connectivity index (χ1) is 7.81. The van der Waals surface area contributed by atoms with Crippen molar-refractivity contribution in [3.05, 3.63) is 11.6 Å². The molecule has 0 aliphatic carbocycles. The zero-order valence-electron chi connectivity index (χ0n) is 10.1. The van der Waals surface area contributed by atoms with Gasteiger partial charge in [0.1, 0.15) is 11.6 Å². The van der Waals surface area contributed by atoms with Gasteiger partial charge in [0.25, 0.3) is 0 Å². The van der Waals surface area contributed by atoms with Gasteiger partial charge in [-0.15, -0.1) is 10.2 Å². The van der Waals surface area contributed by atoms with Crippen LogP contribution in [0.25, 0.3) is 0 Å². The Morgan fingerprint density at radius 3 is 3.12 bits per heavy atom. The Balaban J connectivity index is 1.87. The van der Waals surface area contributed by atoms with E-state index in [1.807, 2.05) is 6.92 Å². The van der Waals surface area contributed by atoms with Crippen molar-refractivity contribution in [2.45, 2.75) is 45.4 Å². The van der Waals surface area contributed by atoms with Crippen LogP contribution in [0, 0.1) is 0 Å². The Kier molecular flexibility index (Phi) is 3.90. The fourth-order valence-electron chi connectivity index (χ4n) is 1.97. The summed E-state index contributed by atoms with van der Waals surface area (Å²) in [6.45, 7) is 4.74. The first-order valence-corrected chi connectivity index (χ1v) is 5.95. The summed E-state index contributed by atoms with van der Waals surface area (Å²) in [5, 5.41) is 11.8. The third-order valence-corrected chi connectivity index (χ3v) is 3.05. The Morgan fingerprint density at radius 2 is 2.31 bits per heavy atom. The topological polar surface area (TPSA) is 52.0 Å². The number of nitrogens with one attached hydrogen (secondary N) is 1. The van der Waals surface area contributed by atoms with Gasteiger partial charge in [-0.05, 0) is 19.8 Å². The highest BCUT2D eigenvalue weighted by Gasteiger charge is 2.15. The average molecular weight is 224 g/mol. The van der Waals surface area contributed by atoms with E-state index in [2.05, 4.69) is 20.1 Å². The van der Waals surface area contributed by atoms with Crippen molar-refractivity contribution in [1.82, 2.24) is 20.1 Å². The van der Waals surface area contributed by atoms with E-state index in [0.29, 0.717) is 0 Å². The zero-order chi connectivity index (χ0) is 11.4. The minimum atomic E-state index is 0.240. The van der Waals surface area contributed by atoms with Crippen molar-refractivity contribution < 1.29 is 4.74 Å². The van der Waals surface area contributed by atoms with Gasteiger partial charge in [0.05, 0.1) is 12.6 Å². The molecule has 5 heteroatoms.